The first kappa shape index (κ1) is 16.7. The summed E-state index contributed by atoms with van der Waals surface area (Å²) in [7, 11) is 0. The zero-order chi connectivity index (χ0) is 18.3. The smallest absolute Gasteiger partial charge is 0.244 e. The van der Waals surface area contributed by atoms with Crippen LogP contribution < -0.4 is 10.5 Å². The van der Waals surface area contributed by atoms with Gasteiger partial charge in [-0.2, -0.15) is 5.26 Å². The van der Waals surface area contributed by atoms with Gasteiger partial charge in [-0.3, -0.25) is 5.10 Å². The van der Waals surface area contributed by atoms with Crippen LogP contribution in [-0.4, -0.2) is 34.2 Å². The predicted molar refractivity (Wildman–Crippen MR) is 99.1 cm³/mol. The van der Waals surface area contributed by atoms with Crippen LogP contribution in [0.5, 0.6) is 5.88 Å². The van der Waals surface area contributed by atoms with Crippen LogP contribution in [0.2, 0.25) is 0 Å². The molecule has 2 aliphatic heterocycles. The summed E-state index contributed by atoms with van der Waals surface area (Å²) in [5.41, 5.74) is 9.13. The molecular formula is C20H23N5O. The Morgan fingerprint density at radius 1 is 1.27 bits per heavy atom. The Labute approximate surface area is 153 Å². The van der Waals surface area contributed by atoms with Crippen LogP contribution >= 0.6 is 0 Å². The van der Waals surface area contributed by atoms with E-state index < -0.39 is 5.41 Å². The molecule has 6 heteroatoms. The number of nitrogens with one attached hydrogen (secondary N) is 1. The molecule has 2 aliphatic rings. The number of hydrogen-bond donors (Lipinski definition) is 2. The number of rotatable bonds is 2. The number of likely N-dealkylation sites (tertiary alicyclic amines) is 1. The van der Waals surface area contributed by atoms with Crippen molar-refractivity contribution in [3.05, 3.63) is 47.4 Å². The molecule has 3 N–H and O–H groups in total. The Morgan fingerprint density at radius 3 is 2.58 bits per heavy atom. The van der Waals surface area contributed by atoms with Gasteiger partial charge in [0.15, 0.2) is 0 Å². The maximum atomic E-state index is 9.87. The zero-order valence-electron chi connectivity index (χ0n) is 15.1. The molecule has 0 amide bonds. The Hall–Kier alpha value is -2.78. The van der Waals surface area contributed by atoms with Crippen molar-refractivity contribution >= 4 is 0 Å². The molecule has 1 fully saturated rings. The van der Waals surface area contributed by atoms with Gasteiger partial charge in [0.1, 0.15) is 11.6 Å². The predicted octanol–water partition coefficient (Wildman–Crippen LogP) is 2.90. The van der Waals surface area contributed by atoms with Gasteiger partial charge in [-0.25, -0.2) is 0 Å². The van der Waals surface area contributed by atoms with Crippen LogP contribution in [0.1, 0.15) is 32.3 Å². The normalized spacial score (nSPS) is 19.3. The van der Waals surface area contributed by atoms with Crippen molar-refractivity contribution in [2.75, 3.05) is 13.1 Å². The summed E-state index contributed by atoms with van der Waals surface area (Å²) in [6, 6.07) is 12.9. The van der Waals surface area contributed by atoms with E-state index in [2.05, 4.69) is 35.0 Å². The van der Waals surface area contributed by atoms with Crippen molar-refractivity contribution < 1.29 is 4.74 Å². The van der Waals surface area contributed by atoms with Crippen molar-refractivity contribution in [3.63, 3.8) is 0 Å². The van der Waals surface area contributed by atoms with Crippen LogP contribution in [0.3, 0.4) is 0 Å². The molecule has 0 radical (unpaired) electrons. The van der Waals surface area contributed by atoms with E-state index in [0.717, 1.165) is 42.8 Å². The number of aromatic amines is 1. The molecule has 1 aromatic carbocycles. The molecule has 1 aromatic heterocycles. The molecule has 2 aromatic rings. The molecule has 26 heavy (non-hydrogen) atoms. The summed E-state index contributed by atoms with van der Waals surface area (Å²) in [4.78, 5) is 2.44. The zero-order valence-corrected chi connectivity index (χ0v) is 15.1. The van der Waals surface area contributed by atoms with Crippen molar-refractivity contribution in [1.82, 2.24) is 15.1 Å². The quantitative estimate of drug-likeness (QED) is 0.870. The van der Waals surface area contributed by atoms with E-state index in [1.807, 2.05) is 30.3 Å². The molecular weight excluding hydrogens is 326 g/mol. The van der Waals surface area contributed by atoms with Gasteiger partial charge in [0.2, 0.25) is 11.8 Å². The highest BCUT2D eigenvalue weighted by atomic mass is 16.5. The Bertz CT molecular complexity index is 883. The number of ether oxygens (including phenoxy) is 1. The summed E-state index contributed by atoms with van der Waals surface area (Å²) in [6.07, 6.45) is 1.65. The first-order chi connectivity index (χ1) is 12.6. The molecule has 4 rings (SSSR count). The minimum absolute atomic E-state index is 0.184. The first-order valence-corrected chi connectivity index (χ1v) is 9.03. The highest BCUT2D eigenvalue weighted by Crippen LogP contribution is 2.51. The third-order valence-electron chi connectivity index (χ3n) is 5.70. The molecule has 0 bridgehead atoms. The highest BCUT2D eigenvalue weighted by Gasteiger charge is 2.49. The van der Waals surface area contributed by atoms with Gasteiger partial charge in [-0.15, -0.1) is 5.10 Å². The summed E-state index contributed by atoms with van der Waals surface area (Å²) in [5.74, 6) is 0.683. The van der Waals surface area contributed by atoms with Crippen molar-refractivity contribution in [2.45, 2.75) is 38.1 Å². The number of nitrogens with two attached hydrogens (primary N) is 1. The number of H-pyrrole nitrogens is 1. The van der Waals surface area contributed by atoms with Gasteiger partial charge < -0.3 is 15.4 Å². The van der Waals surface area contributed by atoms with Crippen LogP contribution in [0.25, 0.3) is 11.3 Å². The number of benzene rings is 1. The maximum Gasteiger partial charge on any atom is 0.244 e. The van der Waals surface area contributed by atoms with Crippen molar-refractivity contribution in [3.8, 4) is 23.2 Å². The van der Waals surface area contributed by atoms with E-state index in [1.54, 1.807) is 0 Å². The summed E-state index contributed by atoms with van der Waals surface area (Å²) in [5, 5.41) is 17.4. The monoisotopic (exact) mass is 349 g/mol. The van der Waals surface area contributed by atoms with Crippen LogP contribution in [0.15, 0.2) is 41.8 Å². The number of nitrogens with zero attached hydrogens (tertiary/aromatic N) is 3. The average Bonchev–Trinajstić information content (AvgIpc) is 3.07. The third kappa shape index (κ3) is 2.39. The average molecular weight is 349 g/mol. The number of aromatic nitrogens is 2. The molecule has 6 nitrogen and oxygen atoms in total. The number of allylic oxidation sites excluding steroid dienone is 1. The first-order valence-electron chi connectivity index (χ1n) is 9.03. The second kappa shape index (κ2) is 6.19. The summed E-state index contributed by atoms with van der Waals surface area (Å²) < 4.78 is 5.72. The molecule has 0 aliphatic carbocycles. The maximum absolute atomic E-state index is 9.87. The van der Waals surface area contributed by atoms with E-state index in [0.29, 0.717) is 17.5 Å². The van der Waals surface area contributed by atoms with E-state index in [-0.39, 0.29) is 5.88 Å². The van der Waals surface area contributed by atoms with Crippen LogP contribution in [0.4, 0.5) is 0 Å². The number of hydrogen-bond acceptors (Lipinski definition) is 5. The van der Waals surface area contributed by atoms with Gasteiger partial charge in [0, 0.05) is 11.5 Å². The summed E-state index contributed by atoms with van der Waals surface area (Å²) in [6.45, 7) is 6.23. The second-order valence-electron chi connectivity index (χ2n) is 7.31. The fourth-order valence-electron chi connectivity index (χ4n) is 4.26. The summed E-state index contributed by atoms with van der Waals surface area (Å²) >= 11 is 0. The molecule has 0 saturated carbocycles. The van der Waals surface area contributed by atoms with Crippen LogP contribution in [-0.2, 0) is 5.41 Å². The lowest BCUT2D eigenvalue weighted by Gasteiger charge is -2.44. The van der Waals surface area contributed by atoms with Gasteiger partial charge in [0.05, 0.1) is 11.3 Å². The van der Waals surface area contributed by atoms with E-state index in [9.17, 15) is 5.26 Å². The number of nitriles is 1. The fourth-order valence-corrected chi connectivity index (χ4v) is 4.26. The SMILES string of the molecule is CC(C)N1CCC2(CC1)C(C#N)=C(N)Oc1n[nH]c(-c3ccccc3)c12. The Morgan fingerprint density at radius 2 is 1.96 bits per heavy atom. The molecule has 0 unspecified atom stereocenters. The van der Waals surface area contributed by atoms with Gasteiger partial charge in [-0.1, -0.05) is 30.3 Å². The minimum atomic E-state index is -0.448. The van der Waals surface area contributed by atoms with Crippen molar-refractivity contribution in [2.24, 2.45) is 5.73 Å². The molecule has 3 heterocycles. The Balaban J connectivity index is 1.86. The standard InChI is InChI=1S/C20H23N5O/c1-13(2)25-10-8-20(9-11-25)15(12-21)18(22)26-19-16(20)17(23-24-19)14-6-4-3-5-7-14/h3-7,13H,8-11,22H2,1-2H3,(H,23,24). The molecule has 1 spiro atoms. The van der Waals surface area contributed by atoms with Crippen molar-refractivity contribution in [1.29, 1.82) is 5.26 Å². The van der Waals surface area contributed by atoms with E-state index >= 15 is 0 Å². The molecule has 134 valence electrons. The van der Waals surface area contributed by atoms with Gasteiger partial charge in [-0.05, 0) is 45.3 Å². The topological polar surface area (TPSA) is 91.0 Å². The third-order valence-corrected chi connectivity index (χ3v) is 5.70. The van der Waals surface area contributed by atoms with E-state index in [1.165, 1.54) is 0 Å². The minimum Gasteiger partial charge on any atom is -0.420 e. The number of piperidine rings is 1. The lowest BCUT2D eigenvalue weighted by atomic mass is 9.66. The van der Waals surface area contributed by atoms with Crippen LogP contribution in [0, 0.1) is 11.3 Å². The Kier molecular flexibility index (Phi) is 3.97. The van der Waals surface area contributed by atoms with Gasteiger partial charge in [0.25, 0.3) is 0 Å². The highest BCUT2D eigenvalue weighted by molar-refractivity contribution is 5.71. The fraction of sp³-hybridized carbons (Fsp3) is 0.400. The molecule has 1 saturated heterocycles. The van der Waals surface area contributed by atoms with Gasteiger partial charge >= 0.3 is 0 Å². The molecule has 0 atom stereocenters. The largest absolute Gasteiger partial charge is 0.420 e. The second-order valence-corrected chi connectivity index (χ2v) is 7.31. The number of fused-ring (bicyclic) bond motifs is 2. The lowest BCUT2D eigenvalue weighted by molar-refractivity contribution is 0.138. The lowest BCUT2D eigenvalue weighted by Crippen LogP contribution is -2.48. The van der Waals surface area contributed by atoms with E-state index in [4.69, 9.17) is 10.5 Å².